The molecule has 0 aliphatic rings. The summed E-state index contributed by atoms with van der Waals surface area (Å²) in [6.07, 6.45) is 2.59. The lowest BCUT2D eigenvalue weighted by molar-refractivity contribution is -0.119. The Morgan fingerprint density at radius 3 is 2.47 bits per heavy atom. The Morgan fingerprint density at radius 2 is 1.84 bits per heavy atom. The van der Waals surface area contributed by atoms with Gasteiger partial charge in [-0.05, 0) is 78.9 Å². The van der Waals surface area contributed by atoms with E-state index in [0.717, 1.165) is 36.8 Å². The highest BCUT2D eigenvalue weighted by atomic mass is 127. The Bertz CT molecular complexity index is 1270. The van der Waals surface area contributed by atoms with Crippen LogP contribution in [0.15, 0.2) is 59.7 Å². The van der Waals surface area contributed by atoms with E-state index in [1.165, 1.54) is 6.21 Å². The molecule has 1 amide bonds. The lowest BCUT2D eigenvalue weighted by Gasteiger charge is -2.21. The van der Waals surface area contributed by atoms with Crippen molar-refractivity contribution in [3.05, 3.63) is 80.1 Å². The monoisotopic (exact) mass is 584 g/mol. The SMILES string of the molecule is Cc1cc(/C=N\NC(=O)CN(c2ccc(I)cc2)S(C)(=O)=O)c(C)n1-c1ccccc1Cl. The van der Waals surface area contributed by atoms with E-state index in [0.29, 0.717) is 10.7 Å². The van der Waals surface area contributed by atoms with Gasteiger partial charge in [-0.3, -0.25) is 9.10 Å². The van der Waals surface area contributed by atoms with E-state index >= 15 is 0 Å². The number of benzene rings is 2. The van der Waals surface area contributed by atoms with E-state index in [4.69, 9.17) is 11.6 Å². The summed E-state index contributed by atoms with van der Waals surface area (Å²) in [4.78, 5) is 12.4. The van der Waals surface area contributed by atoms with Gasteiger partial charge in [0.1, 0.15) is 6.54 Å². The van der Waals surface area contributed by atoms with E-state index in [1.807, 2.05) is 48.7 Å². The quantitative estimate of drug-likeness (QED) is 0.256. The van der Waals surface area contributed by atoms with Crippen LogP contribution in [0.1, 0.15) is 17.0 Å². The van der Waals surface area contributed by atoms with Crippen molar-refractivity contribution in [2.45, 2.75) is 13.8 Å². The standard InChI is InChI=1S/C22H22ClIN4O3S/c1-15-12-17(16(2)28(15)21-7-5-4-6-20(21)23)13-25-26-22(29)14-27(32(3,30)31)19-10-8-18(24)9-11-19/h4-13H,14H2,1-3H3,(H,26,29)/b25-13-. The molecule has 0 fully saturated rings. The molecule has 0 atom stereocenters. The Kier molecular flexibility index (Phi) is 7.63. The van der Waals surface area contributed by atoms with Crippen LogP contribution in [-0.4, -0.2) is 37.9 Å². The summed E-state index contributed by atoms with van der Waals surface area (Å²) >= 11 is 8.46. The average molecular weight is 585 g/mol. The number of hydrogen-bond donors (Lipinski definition) is 1. The Balaban J connectivity index is 1.74. The van der Waals surface area contributed by atoms with Gasteiger partial charge in [0.25, 0.3) is 5.91 Å². The van der Waals surface area contributed by atoms with Gasteiger partial charge in [-0.25, -0.2) is 13.8 Å². The highest BCUT2D eigenvalue weighted by molar-refractivity contribution is 14.1. The van der Waals surface area contributed by atoms with Gasteiger partial charge in [-0.1, -0.05) is 23.7 Å². The molecule has 168 valence electrons. The zero-order chi connectivity index (χ0) is 23.5. The van der Waals surface area contributed by atoms with Crippen LogP contribution in [0.4, 0.5) is 5.69 Å². The first kappa shape index (κ1) is 24.3. The van der Waals surface area contributed by atoms with E-state index in [1.54, 1.807) is 24.3 Å². The van der Waals surface area contributed by atoms with Crippen molar-refractivity contribution in [1.29, 1.82) is 0 Å². The molecule has 10 heteroatoms. The minimum absolute atomic E-state index is 0.380. The molecule has 3 rings (SSSR count). The van der Waals surface area contributed by atoms with Crippen molar-refractivity contribution in [3.63, 3.8) is 0 Å². The van der Waals surface area contributed by atoms with Crippen LogP contribution in [0.5, 0.6) is 0 Å². The number of halogens is 2. The van der Waals surface area contributed by atoms with Crippen molar-refractivity contribution < 1.29 is 13.2 Å². The summed E-state index contributed by atoms with van der Waals surface area (Å²) < 4.78 is 28.4. The number of rotatable bonds is 7. The smallest absolute Gasteiger partial charge is 0.260 e. The van der Waals surface area contributed by atoms with Crippen LogP contribution >= 0.6 is 34.2 Å². The lowest BCUT2D eigenvalue weighted by atomic mass is 10.2. The van der Waals surface area contributed by atoms with E-state index in [2.05, 4.69) is 33.1 Å². The molecule has 0 aliphatic heterocycles. The fourth-order valence-corrected chi connectivity index (χ4v) is 4.71. The summed E-state index contributed by atoms with van der Waals surface area (Å²) in [5, 5.41) is 4.65. The molecule has 32 heavy (non-hydrogen) atoms. The maximum atomic E-state index is 12.4. The molecular formula is C22H22ClIN4O3S. The van der Waals surface area contributed by atoms with Crippen molar-refractivity contribution >= 4 is 62.0 Å². The number of para-hydroxylation sites is 1. The molecule has 0 saturated heterocycles. The third-order valence-corrected chi connectivity index (χ3v) is 6.94. The predicted molar refractivity (Wildman–Crippen MR) is 137 cm³/mol. The number of anilines is 1. The van der Waals surface area contributed by atoms with Gasteiger partial charge < -0.3 is 4.57 Å². The molecule has 7 nitrogen and oxygen atoms in total. The van der Waals surface area contributed by atoms with Gasteiger partial charge in [0.05, 0.1) is 28.9 Å². The molecule has 0 bridgehead atoms. The second-order valence-electron chi connectivity index (χ2n) is 7.15. The van der Waals surface area contributed by atoms with Crippen LogP contribution in [-0.2, 0) is 14.8 Å². The Morgan fingerprint density at radius 1 is 1.19 bits per heavy atom. The third kappa shape index (κ3) is 5.70. The van der Waals surface area contributed by atoms with Crippen molar-refractivity contribution in [2.24, 2.45) is 5.10 Å². The normalized spacial score (nSPS) is 11.7. The molecule has 2 aromatic carbocycles. The topological polar surface area (TPSA) is 83.8 Å². The van der Waals surface area contributed by atoms with E-state index in [-0.39, 0.29) is 6.54 Å². The molecule has 3 aromatic rings. The number of nitrogens with one attached hydrogen (secondary N) is 1. The van der Waals surface area contributed by atoms with Crippen LogP contribution in [0, 0.1) is 17.4 Å². The molecule has 0 radical (unpaired) electrons. The van der Waals surface area contributed by atoms with Crippen LogP contribution in [0.3, 0.4) is 0 Å². The van der Waals surface area contributed by atoms with Gasteiger partial charge in [0.15, 0.2) is 0 Å². The maximum absolute atomic E-state index is 12.4. The molecule has 1 N–H and O–H groups in total. The number of nitrogens with zero attached hydrogens (tertiary/aromatic N) is 3. The molecule has 0 saturated carbocycles. The second kappa shape index (κ2) is 10.1. The number of hydrazone groups is 1. The first-order valence-electron chi connectivity index (χ1n) is 9.57. The molecule has 0 unspecified atom stereocenters. The highest BCUT2D eigenvalue weighted by Gasteiger charge is 2.20. The van der Waals surface area contributed by atoms with Gasteiger partial charge >= 0.3 is 0 Å². The van der Waals surface area contributed by atoms with Gasteiger partial charge in [0, 0.05) is 20.5 Å². The average Bonchev–Trinajstić information content (AvgIpc) is 3.00. The van der Waals surface area contributed by atoms with E-state index < -0.39 is 15.9 Å². The van der Waals surface area contributed by atoms with Crippen molar-refractivity contribution in [2.75, 3.05) is 17.1 Å². The Hall–Kier alpha value is -2.37. The number of aromatic nitrogens is 1. The van der Waals surface area contributed by atoms with Gasteiger partial charge in [-0.2, -0.15) is 5.10 Å². The zero-order valence-corrected chi connectivity index (χ0v) is 21.4. The Labute approximate surface area is 206 Å². The summed E-state index contributed by atoms with van der Waals surface area (Å²) in [7, 11) is -3.64. The molecule has 0 aliphatic carbocycles. The van der Waals surface area contributed by atoms with Crippen LogP contribution in [0.25, 0.3) is 5.69 Å². The molecular weight excluding hydrogens is 563 g/mol. The fourth-order valence-electron chi connectivity index (χ4n) is 3.27. The number of amides is 1. The highest BCUT2D eigenvalue weighted by Crippen LogP contribution is 2.25. The van der Waals surface area contributed by atoms with Crippen molar-refractivity contribution in [1.82, 2.24) is 9.99 Å². The maximum Gasteiger partial charge on any atom is 0.260 e. The summed E-state index contributed by atoms with van der Waals surface area (Å²) in [6, 6.07) is 16.3. The number of carbonyl (C=O) groups excluding carboxylic acids is 1. The first-order chi connectivity index (χ1) is 15.1. The second-order valence-corrected chi connectivity index (χ2v) is 10.7. The minimum atomic E-state index is -3.64. The predicted octanol–water partition coefficient (Wildman–Crippen LogP) is 4.27. The van der Waals surface area contributed by atoms with Crippen LogP contribution in [0.2, 0.25) is 5.02 Å². The molecule has 0 spiro atoms. The number of hydrogen-bond acceptors (Lipinski definition) is 4. The minimum Gasteiger partial charge on any atom is -0.316 e. The molecule has 1 aromatic heterocycles. The van der Waals surface area contributed by atoms with Crippen LogP contribution < -0.4 is 9.73 Å². The molecule has 1 heterocycles. The third-order valence-electron chi connectivity index (χ3n) is 4.76. The first-order valence-corrected chi connectivity index (χ1v) is 12.9. The summed E-state index contributed by atoms with van der Waals surface area (Å²) in [5.41, 5.74) is 6.35. The van der Waals surface area contributed by atoms with E-state index in [9.17, 15) is 13.2 Å². The zero-order valence-electron chi connectivity index (χ0n) is 17.7. The van der Waals surface area contributed by atoms with Crippen molar-refractivity contribution in [3.8, 4) is 5.69 Å². The number of sulfonamides is 1. The fraction of sp³-hybridized carbons (Fsp3) is 0.182. The van der Waals surface area contributed by atoms with Gasteiger partial charge in [0.2, 0.25) is 10.0 Å². The van der Waals surface area contributed by atoms with Gasteiger partial charge in [-0.15, -0.1) is 0 Å². The summed E-state index contributed by atoms with van der Waals surface area (Å²) in [6.45, 7) is 3.51. The number of aryl methyl sites for hydroxylation is 1. The lowest BCUT2D eigenvalue weighted by Crippen LogP contribution is -2.39. The number of carbonyl (C=O) groups is 1. The largest absolute Gasteiger partial charge is 0.316 e. The summed E-state index contributed by atoms with van der Waals surface area (Å²) in [5.74, 6) is -0.551.